The van der Waals surface area contributed by atoms with E-state index < -0.39 is 5.91 Å². The maximum atomic E-state index is 11.9. The average molecular weight is 451 g/mol. The quantitative estimate of drug-likeness (QED) is 0.367. The third-order valence-corrected chi connectivity index (χ3v) is 3.98. The number of carbonyl (C=O) groups is 2. The number of benzene rings is 2. The lowest BCUT2D eigenvalue weighted by Crippen LogP contribution is -2.34. The van der Waals surface area contributed by atoms with Crippen molar-refractivity contribution in [2.75, 3.05) is 13.2 Å². The Balaban J connectivity index is 1.87. The number of rotatable bonds is 8. The molecule has 0 bridgehead atoms. The lowest BCUT2D eigenvalue weighted by atomic mass is 10.2. The molecule has 6 nitrogen and oxygen atoms in total. The predicted molar refractivity (Wildman–Crippen MR) is 109 cm³/mol. The number of nitrogens with one attached hydrogen (secondary N) is 2. The van der Waals surface area contributed by atoms with Crippen molar-refractivity contribution >= 4 is 45.6 Å². The molecular weight excluding hydrogens is 434 g/mol. The summed E-state index contributed by atoms with van der Waals surface area (Å²) in [5.41, 5.74) is 3.44. The smallest absolute Gasteiger partial charge is 0.259 e. The number of hydrogen-bond donors (Lipinski definition) is 2. The highest BCUT2D eigenvalue weighted by atomic mass is 79.9. The maximum absolute atomic E-state index is 11.9. The third kappa shape index (κ3) is 6.88. The molecule has 0 radical (unpaired) electrons. The number of nitrogens with zero attached hydrogens (tertiary/aromatic N) is 1. The molecule has 27 heavy (non-hydrogen) atoms. The van der Waals surface area contributed by atoms with Gasteiger partial charge >= 0.3 is 0 Å². The minimum absolute atomic E-state index is 0.211. The number of hydrogen-bond acceptors (Lipinski definition) is 4. The van der Waals surface area contributed by atoms with Crippen molar-refractivity contribution < 1.29 is 14.3 Å². The number of hydrazone groups is 1. The van der Waals surface area contributed by atoms with Gasteiger partial charge < -0.3 is 10.1 Å². The van der Waals surface area contributed by atoms with E-state index >= 15 is 0 Å². The molecule has 8 heteroatoms. The molecule has 2 amide bonds. The Hall–Kier alpha value is -2.64. The van der Waals surface area contributed by atoms with E-state index in [1.165, 1.54) is 6.21 Å². The van der Waals surface area contributed by atoms with E-state index in [2.05, 4.69) is 38.4 Å². The molecule has 140 valence electrons. The monoisotopic (exact) mass is 449 g/mol. The molecule has 0 saturated heterocycles. The standard InChI is InChI=1S/C19H17BrClN3O3/c1-2-9-27-17-8-5-15(20)10-14(17)11-23-24-18(25)12-22-19(26)13-3-6-16(21)7-4-13/h2-8,10-11H,1,9,12H2,(H,22,26)(H,24,25)/b23-11-. The van der Waals surface area contributed by atoms with Crippen LogP contribution in [0.2, 0.25) is 5.02 Å². The molecule has 0 aliphatic rings. The SMILES string of the molecule is C=CCOc1ccc(Br)cc1/C=N\NC(=O)CNC(=O)c1ccc(Cl)cc1. The van der Waals surface area contributed by atoms with Crippen LogP contribution in [0, 0.1) is 0 Å². The van der Waals surface area contributed by atoms with Crippen LogP contribution in [0.3, 0.4) is 0 Å². The summed E-state index contributed by atoms with van der Waals surface area (Å²) in [6.07, 6.45) is 3.09. The van der Waals surface area contributed by atoms with Gasteiger partial charge in [0.05, 0.1) is 12.8 Å². The van der Waals surface area contributed by atoms with Crippen molar-refractivity contribution in [3.05, 3.63) is 75.7 Å². The highest BCUT2D eigenvalue weighted by Gasteiger charge is 2.07. The number of halogens is 2. The molecule has 0 spiro atoms. The van der Waals surface area contributed by atoms with Gasteiger partial charge in [-0.2, -0.15) is 5.10 Å². The maximum Gasteiger partial charge on any atom is 0.259 e. The van der Waals surface area contributed by atoms with Crippen molar-refractivity contribution in [3.63, 3.8) is 0 Å². The van der Waals surface area contributed by atoms with Gasteiger partial charge in [-0.15, -0.1) is 0 Å². The lowest BCUT2D eigenvalue weighted by Gasteiger charge is -2.07. The molecule has 2 aromatic carbocycles. The molecule has 0 aromatic heterocycles. The van der Waals surface area contributed by atoms with E-state index in [9.17, 15) is 9.59 Å². The van der Waals surface area contributed by atoms with Crippen molar-refractivity contribution in [2.24, 2.45) is 5.10 Å². The normalized spacial score (nSPS) is 10.4. The summed E-state index contributed by atoms with van der Waals surface area (Å²) < 4.78 is 6.37. The average Bonchev–Trinajstić information content (AvgIpc) is 2.66. The molecule has 2 N–H and O–H groups in total. The van der Waals surface area contributed by atoms with E-state index in [0.717, 1.165) is 4.47 Å². The van der Waals surface area contributed by atoms with Crippen LogP contribution in [0.5, 0.6) is 5.75 Å². The zero-order valence-electron chi connectivity index (χ0n) is 14.2. The summed E-state index contributed by atoms with van der Waals surface area (Å²) >= 11 is 9.14. The first-order valence-electron chi connectivity index (χ1n) is 7.88. The topological polar surface area (TPSA) is 79.8 Å². The first kappa shape index (κ1) is 20.7. The van der Waals surface area contributed by atoms with Gasteiger partial charge in [0.25, 0.3) is 11.8 Å². The molecule has 0 aliphatic heterocycles. The van der Waals surface area contributed by atoms with Crippen LogP contribution in [0.25, 0.3) is 0 Å². The molecule has 2 aromatic rings. The predicted octanol–water partition coefficient (Wildman–Crippen LogP) is 3.55. The zero-order valence-corrected chi connectivity index (χ0v) is 16.6. The van der Waals surface area contributed by atoms with Crippen LogP contribution in [-0.2, 0) is 4.79 Å². The largest absolute Gasteiger partial charge is 0.489 e. The molecule has 0 saturated carbocycles. The van der Waals surface area contributed by atoms with Gasteiger partial charge in [0.2, 0.25) is 0 Å². The second-order valence-corrected chi connectivity index (χ2v) is 6.62. The zero-order chi connectivity index (χ0) is 19.6. The van der Waals surface area contributed by atoms with Crippen molar-refractivity contribution in [3.8, 4) is 5.75 Å². The molecule has 0 aliphatic carbocycles. The Kier molecular flexibility index (Phi) is 8.03. The molecule has 0 unspecified atom stereocenters. The number of amides is 2. The molecule has 0 heterocycles. The summed E-state index contributed by atoms with van der Waals surface area (Å²) in [5.74, 6) is -0.234. The molecule has 0 fully saturated rings. The van der Waals surface area contributed by atoms with Crippen LogP contribution < -0.4 is 15.5 Å². The number of carbonyl (C=O) groups excluding carboxylic acids is 2. The Morgan fingerprint density at radius 1 is 1.22 bits per heavy atom. The van der Waals surface area contributed by atoms with Crippen molar-refractivity contribution in [1.82, 2.24) is 10.7 Å². The van der Waals surface area contributed by atoms with Crippen LogP contribution in [0.4, 0.5) is 0 Å². The molecule has 0 atom stereocenters. The van der Waals surface area contributed by atoms with Gasteiger partial charge in [0.15, 0.2) is 0 Å². The van der Waals surface area contributed by atoms with Gasteiger partial charge in [-0.05, 0) is 42.5 Å². The Morgan fingerprint density at radius 3 is 2.67 bits per heavy atom. The minimum atomic E-state index is -0.461. The summed E-state index contributed by atoms with van der Waals surface area (Å²) in [5, 5.41) is 6.93. The van der Waals surface area contributed by atoms with Crippen molar-refractivity contribution in [2.45, 2.75) is 0 Å². The van der Waals surface area contributed by atoms with E-state index in [1.54, 1.807) is 42.5 Å². The fourth-order valence-electron chi connectivity index (χ4n) is 1.98. The summed E-state index contributed by atoms with van der Waals surface area (Å²) in [7, 11) is 0. The molecular formula is C19H17BrClN3O3. The summed E-state index contributed by atoms with van der Waals surface area (Å²) in [6, 6.07) is 11.8. The summed E-state index contributed by atoms with van der Waals surface area (Å²) in [6.45, 7) is 3.74. The highest BCUT2D eigenvalue weighted by molar-refractivity contribution is 9.10. The first-order valence-corrected chi connectivity index (χ1v) is 9.05. The van der Waals surface area contributed by atoms with Crippen LogP contribution >= 0.6 is 27.5 Å². The van der Waals surface area contributed by atoms with Gasteiger partial charge in [-0.3, -0.25) is 9.59 Å². The summed E-state index contributed by atoms with van der Waals surface area (Å²) in [4.78, 5) is 23.8. The van der Waals surface area contributed by atoms with E-state index in [0.29, 0.717) is 28.5 Å². The highest BCUT2D eigenvalue weighted by Crippen LogP contribution is 2.21. The Morgan fingerprint density at radius 2 is 1.96 bits per heavy atom. The van der Waals surface area contributed by atoms with Gasteiger partial charge in [-0.1, -0.05) is 40.2 Å². The van der Waals surface area contributed by atoms with Crippen molar-refractivity contribution in [1.29, 1.82) is 0 Å². The van der Waals surface area contributed by atoms with Gasteiger partial charge in [-0.25, -0.2) is 5.43 Å². The first-order chi connectivity index (χ1) is 13.0. The van der Waals surface area contributed by atoms with Crippen LogP contribution in [0.1, 0.15) is 15.9 Å². The minimum Gasteiger partial charge on any atom is -0.489 e. The van der Waals surface area contributed by atoms with E-state index in [1.807, 2.05) is 6.07 Å². The Labute approximate surface area is 170 Å². The van der Waals surface area contributed by atoms with Crippen LogP contribution in [-0.4, -0.2) is 31.2 Å². The van der Waals surface area contributed by atoms with Gasteiger partial charge in [0.1, 0.15) is 12.4 Å². The Bertz CT molecular complexity index is 854. The fourth-order valence-corrected chi connectivity index (χ4v) is 2.48. The van der Waals surface area contributed by atoms with E-state index in [-0.39, 0.29) is 12.5 Å². The lowest BCUT2D eigenvalue weighted by molar-refractivity contribution is -0.120. The number of ether oxygens (including phenoxy) is 1. The van der Waals surface area contributed by atoms with Gasteiger partial charge in [0, 0.05) is 20.6 Å². The fraction of sp³-hybridized carbons (Fsp3) is 0.105. The second kappa shape index (κ2) is 10.5. The second-order valence-electron chi connectivity index (χ2n) is 5.26. The van der Waals surface area contributed by atoms with E-state index in [4.69, 9.17) is 16.3 Å². The van der Waals surface area contributed by atoms with Crippen LogP contribution in [0.15, 0.2) is 64.7 Å². The molecule has 2 rings (SSSR count). The third-order valence-electron chi connectivity index (χ3n) is 3.24.